The average Bonchev–Trinajstić information content (AvgIpc) is 2.73. The number of hydrogen-bond acceptors (Lipinski definition) is 4. The molecule has 3 rings (SSSR count). The topological polar surface area (TPSA) is 59.9 Å². The van der Waals surface area contributed by atoms with Crippen LogP contribution in [0, 0.1) is 0 Å². The number of amides is 1. The van der Waals surface area contributed by atoms with E-state index in [0.717, 1.165) is 15.6 Å². The van der Waals surface area contributed by atoms with Gasteiger partial charge >= 0.3 is 0 Å². The molecule has 0 saturated carbocycles. The number of nitrogens with zero attached hydrogens (tertiary/aromatic N) is 1. The molecule has 0 saturated heterocycles. The molecule has 0 aromatic heterocycles. The summed E-state index contributed by atoms with van der Waals surface area (Å²) in [5, 5.41) is 4.05. The molecule has 0 atom stereocenters. The van der Waals surface area contributed by atoms with Crippen LogP contribution < -0.4 is 14.9 Å². The highest BCUT2D eigenvalue weighted by molar-refractivity contribution is 9.10. The molecule has 0 spiro atoms. The fourth-order valence-corrected chi connectivity index (χ4v) is 2.92. The first-order valence-corrected chi connectivity index (χ1v) is 9.39. The standard InChI is InChI=1S/C22H19BrN2O3/c1-27-20-12-11-18(23)13-17(20)14-24-25-22(26)19-9-5-6-10-21(19)28-15-16-7-3-2-4-8-16/h2-14H,15H2,1H3,(H,25,26)/b24-14+. The molecule has 0 unspecified atom stereocenters. The van der Waals surface area contributed by atoms with Gasteiger partial charge in [0, 0.05) is 10.0 Å². The van der Waals surface area contributed by atoms with Crippen LogP contribution in [0.15, 0.2) is 82.4 Å². The minimum atomic E-state index is -0.353. The summed E-state index contributed by atoms with van der Waals surface area (Å²) in [7, 11) is 1.58. The Balaban J connectivity index is 1.69. The predicted octanol–water partition coefficient (Wildman–Crippen LogP) is 4.80. The van der Waals surface area contributed by atoms with Crippen molar-refractivity contribution >= 4 is 28.1 Å². The van der Waals surface area contributed by atoms with Gasteiger partial charge in [0.15, 0.2) is 0 Å². The minimum Gasteiger partial charge on any atom is -0.496 e. The van der Waals surface area contributed by atoms with Crippen LogP contribution in [0.5, 0.6) is 11.5 Å². The van der Waals surface area contributed by atoms with Gasteiger partial charge in [0.25, 0.3) is 5.91 Å². The zero-order chi connectivity index (χ0) is 19.8. The van der Waals surface area contributed by atoms with E-state index in [0.29, 0.717) is 23.7 Å². The lowest BCUT2D eigenvalue weighted by Gasteiger charge is -2.10. The lowest BCUT2D eigenvalue weighted by molar-refractivity contribution is 0.0950. The molecule has 0 heterocycles. The molecule has 6 heteroatoms. The quantitative estimate of drug-likeness (QED) is 0.425. The smallest absolute Gasteiger partial charge is 0.275 e. The number of hydrazone groups is 1. The molecule has 0 radical (unpaired) electrons. The van der Waals surface area contributed by atoms with Gasteiger partial charge in [-0.15, -0.1) is 0 Å². The highest BCUT2D eigenvalue weighted by atomic mass is 79.9. The Morgan fingerprint density at radius 1 is 1.04 bits per heavy atom. The number of carbonyl (C=O) groups excluding carboxylic acids is 1. The van der Waals surface area contributed by atoms with Crippen LogP contribution in [-0.2, 0) is 6.61 Å². The Labute approximate surface area is 172 Å². The molecule has 28 heavy (non-hydrogen) atoms. The summed E-state index contributed by atoms with van der Waals surface area (Å²) in [6.07, 6.45) is 1.54. The van der Waals surface area contributed by atoms with Crippen LogP contribution in [0.4, 0.5) is 0 Å². The number of para-hydroxylation sites is 1. The highest BCUT2D eigenvalue weighted by Crippen LogP contribution is 2.22. The number of rotatable bonds is 7. The summed E-state index contributed by atoms with van der Waals surface area (Å²) < 4.78 is 12.0. The molecule has 3 aromatic rings. The van der Waals surface area contributed by atoms with E-state index in [1.807, 2.05) is 54.6 Å². The number of carbonyl (C=O) groups is 1. The highest BCUT2D eigenvalue weighted by Gasteiger charge is 2.11. The molecule has 142 valence electrons. The molecular weight excluding hydrogens is 420 g/mol. The molecule has 0 aliphatic rings. The first-order chi connectivity index (χ1) is 13.7. The third-order valence-corrected chi connectivity index (χ3v) is 4.42. The van der Waals surface area contributed by atoms with Crippen molar-refractivity contribution in [1.82, 2.24) is 5.43 Å². The van der Waals surface area contributed by atoms with Crippen molar-refractivity contribution in [1.29, 1.82) is 0 Å². The van der Waals surface area contributed by atoms with Gasteiger partial charge in [0.05, 0.1) is 18.9 Å². The van der Waals surface area contributed by atoms with Gasteiger partial charge in [0.2, 0.25) is 0 Å². The number of halogens is 1. The first-order valence-electron chi connectivity index (χ1n) is 8.60. The lowest BCUT2D eigenvalue weighted by Crippen LogP contribution is -2.18. The van der Waals surface area contributed by atoms with E-state index >= 15 is 0 Å². The Kier molecular flexibility index (Phi) is 6.81. The van der Waals surface area contributed by atoms with Crippen LogP contribution >= 0.6 is 15.9 Å². The average molecular weight is 439 g/mol. The van der Waals surface area contributed by atoms with Crippen molar-refractivity contribution in [3.05, 3.63) is 94.0 Å². The zero-order valence-corrected chi connectivity index (χ0v) is 16.8. The van der Waals surface area contributed by atoms with Crippen LogP contribution in [0.2, 0.25) is 0 Å². The van der Waals surface area contributed by atoms with Crippen molar-refractivity contribution in [2.75, 3.05) is 7.11 Å². The SMILES string of the molecule is COc1ccc(Br)cc1/C=N/NC(=O)c1ccccc1OCc1ccccc1. The van der Waals surface area contributed by atoms with Crippen molar-refractivity contribution in [3.63, 3.8) is 0 Å². The molecule has 0 bridgehead atoms. The molecule has 0 aliphatic carbocycles. The molecule has 0 fully saturated rings. The minimum absolute atomic E-state index is 0.353. The second kappa shape index (κ2) is 9.71. The van der Waals surface area contributed by atoms with Crippen molar-refractivity contribution in [2.24, 2.45) is 5.10 Å². The fourth-order valence-electron chi connectivity index (χ4n) is 2.54. The van der Waals surface area contributed by atoms with Gasteiger partial charge in [-0.1, -0.05) is 58.4 Å². The predicted molar refractivity (Wildman–Crippen MR) is 113 cm³/mol. The summed E-state index contributed by atoms with van der Waals surface area (Å²) >= 11 is 3.41. The summed E-state index contributed by atoms with van der Waals surface area (Å²) in [5.74, 6) is 0.806. The van der Waals surface area contributed by atoms with E-state index in [9.17, 15) is 4.79 Å². The molecule has 1 N–H and O–H groups in total. The van der Waals surface area contributed by atoms with Crippen LogP contribution in [0.25, 0.3) is 0 Å². The summed E-state index contributed by atoms with van der Waals surface area (Å²) in [6, 6.07) is 22.4. The third kappa shape index (κ3) is 5.20. The maximum absolute atomic E-state index is 12.5. The van der Waals surface area contributed by atoms with E-state index < -0.39 is 0 Å². The second-order valence-corrected chi connectivity index (χ2v) is 6.77. The molecule has 5 nitrogen and oxygen atoms in total. The largest absolute Gasteiger partial charge is 0.496 e. The monoisotopic (exact) mass is 438 g/mol. The van der Waals surface area contributed by atoms with E-state index in [-0.39, 0.29) is 5.91 Å². The molecular formula is C22H19BrN2O3. The van der Waals surface area contributed by atoms with E-state index in [1.54, 1.807) is 25.3 Å². The van der Waals surface area contributed by atoms with Crippen molar-refractivity contribution in [2.45, 2.75) is 6.61 Å². The Hall–Kier alpha value is -3.12. The number of nitrogens with one attached hydrogen (secondary N) is 1. The maximum Gasteiger partial charge on any atom is 0.275 e. The summed E-state index contributed by atoms with van der Waals surface area (Å²) in [6.45, 7) is 0.379. The Morgan fingerprint density at radius 2 is 1.79 bits per heavy atom. The normalized spacial score (nSPS) is 10.6. The summed E-state index contributed by atoms with van der Waals surface area (Å²) in [5.41, 5.74) is 4.72. The molecule has 1 amide bonds. The summed E-state index contributed by atoms with van der Waals surface area (Å²) in [4.78, 5) is 12.5. The van der Waals surface area contributed by atoms with E-state index in [4.69, 9.17) is 9.47 Å². The zero-order valence-electron chi connectivity index (χ0n) is 15.3. The van der Waals surface area contributed by atoms with Gasteiger partial charge in [-0.2, -0.15) is 5.10 Å². The van der Waals surface area contributed by atoms with E-state index in [1.165, 1.54) is 6.21 Å². The molecule has 3 aromatic carbocycles. The Morgan fingerprint density at radius 3 is 2.57 bits per heavy atom. The Bertz CT molecular complexity index is 975. The lowest BCUT2D eigenvalue weighted by atomic mass is 10.2. The van der Waals surface area contributed by atoms with Gasteiger partial charge < -0.3 is 9.47 Å². The van der Waals surface area contributed by atoms with Gasteiger partial charge in [-0.05, 0) is 35.9 Å². The van der Waals surface area contributed by atoms with Crippen LogP contribution in [0.3, 0.4) is 0 Å². The number of benzene rings is 3. The first kappa shape index (κ1) is 19.6. The number of hydrogen-bond donors (Lipinski definition) is 1. The third-order valence-electron chi connectivity index (χ3n) is 3.93. The second-order valence-electron chi connectivity index (χ2n) is 5.86. The van der Waals surface area contributed by atoms with Gasteiger partial charge in [0.1, 0.15) is 18.1 Å². The van der Waals surface area contributed by atoms with Crippen molar-refractivity contribution in [3.8, 4) is 11.5 Å². The van der Waals surface area contributed by atoms with Gasteiger partial charge in [-0.25, -0.2) is 5.43 Å². The van der Waals surface area contributed by atoms with Crippen LogP contribution in [0.1, 0.15) is 21.5 Å². The van der Waals surface area contributed by atoms with E-state index in [2.05, 4.69) is 26.5 Å². The maximum atomic E-state index is 12.5. The van der Waals surface area contributed by atoms with Gasteiger partial charge in [-0.3, -0.25) is 4.79 Å². The molecule has 0 aliphatic heterocycles. The number of ether oxygens (including phenoxy) is 2. The fraction of sp³-hybridized carbons (Fsp3) is 0.0909. The number of methoxy groups -OCH3 is 1. The van der Waals surface area contributed by atoms with Crippen molar-refractivity contribution < 1.29 is 14.3 Å². The van der Waals surface area contributed by atoms with Crippen LogP contribution in [-0.4, -0.2) is 19.2 Å².